The second kappa shape index (κ2) is 6.01. The predicted octanol–water partition coefficient (Wildman–Crippen LogP) is 3.38. The van der Waals surface area contributed by atoms with E-state index < -0.39 is 4.75 Å². The monoisotopic (exact) mass is 307 g/mol. The van der Waals surface area contributed by atoms with E-state index in [2.05, 4.69) is 45.0 Å². The molecule has 0 aliphatic carbocycles. The summed E-state index contributed by atoms with van der Waals surface area (Å²) >= 11 is 1.74. The molecule has 0 fully saturated rings. The number of fused-ring (bicyclic) bond motifs is 1. The fourth-order valence-corrected chi connectivity index (χ4v) is 5.01. The normalized spacial score (nSPS) is 23.1. The van der Waals surface area contributed by atoms with E-state index in [-0.39, 0.29) is 10.7 Å². The van der Waals surface area contributed by atoms with Gasteiger partial charge in [0.15, 0.2) is 0 Å². The molecule has 0 saturated heterocycles. The molecule has 0 saturated carbocycles. The van der Waals surface area contributed by atoms with Crippen LogP contribution in [0.4, 0.5) is 0 Å². The lowest BCUT2D eigenvalue weighted by molar-refractivity contribution is -0.144. The van der Waals surface area contributed by atoms with Crippen LogP contribution in [0, 0.1) is 0 Å². The Balaban J connectivity index is 2.40. The molecular weight excluding hydrogens is 282 g/mol. The minimum absolute atomic E-state index is 0.0666. The first kappa shape index (κ1) is 16.4. The van der Waals surface area contributed by atoms with E-state index in [1.165, 1.54) is 12.7 Å². The lowest BCUT2D eigenvalue weighted by Crippen LogP contribution is -2.33. The molecular formula is C17H25NO2S. The molecule has 0 radical (unpaired) electrons. The molecule has 1 atom stereocenters. The van der Waals surface area contributed by atoms with Crippen molar-refractivity contribution in [3.63, 3.8) is 0 Å². The van der Waals surface area contributed by atoms with E-state index in [1.54, 1.807) is 11.8 Å². The predicted molar refractivity (Wildman–Crippen MR) is 88.5 cm³/mol. The summed E-state index contributed by atoms with van der Waals surface area (Å²) in [6, 6.07) is 8.29. The summed E-state index contributed by atoms with van der Waals surface area (Å²) in [6.45, 7) is 5.35. The smallest absolute Gasteiger partial charge is 0.326 e. The molecule has 1 unspecified atom stereocenters. The molecule has 0 N–H and O–H groups in total. The van der Waals surface area contributed by atoms with Gasteiger partial charge in [0, 0.05) is 4.75 Å². The van der Waals surface area contributed by atoms with Crippen molar-refractivity contribution in [2.24, 2.45) is 0 Å². The zero-order chi connectivity index (χ0) is 15.7. The van der Waals surface area contributed by atoms with Gasteiger partial charge in [0.05, 0.1) is 7.11 Å². The van der Waals surface area contributed by atoms with Crippen LogP contribution in [0.5, 0.6) is 0 Å². The molecule has 1 aliphatic heterocycles. The van der Waals surface area contributed by atoms with E-state index in [4.69, 9.17) is 4.74 Å². The Morgan fingerprint density at radius 1 is 1.24 bits per heavy atom. The van der Waals surface area contributed by atoms with Crippen molar-refractivity contribution < 1.29 is 9.53 Å². The maximum absolute atomic E-state index is 12.6. The van der Waals surface area contributed by atoms with Crippen LogP contribution in [-0.2, 0) is 19.0 Å². The highest BCUT2D eigenvalue weighted by Crippen LogP contribution is 2.60. The minimum atomic E-state index is -0.565. The average molecular weight is 307 g/mol. The van der Waals surface area contributed by atoms with E-state index in [1.807, 2.05) is 12.1 Å². The number of carbonyl (C=O) groups excluding carboxylic acids is 1. The van der Waals surface area contributed by atoms with Gasteiger partial charge in [0.1, 0.15) is 4.75 Å². The molecule has 3 nitrogen and oxygen atoms in total. The summed E-state index contributed by atoms with van der Waals surface area (Å²) in [6.07, 6.45) is 1.78. The molecule has 1 heterocycles. The molecule has 0 spiro atoms. The van der Waals surface area contributed by atoms with Gasteiger partial charge in [-0.15, -0.1) is 11.8 Å². The minimum Gasteiger partial charge on any atom is -0.468 e. The van der Waals surface area contributed by atoms with Crippen LogP contribution in [0.25, 0.3) is 0 Å². The van der Waals surface area contributed by atoms with Crippen molar-refractivity contribution in [1.29, 1.82) is 0 Å². The lowest BCUT2D eigenvalue weighted by atomic mass is 9.86. The molecule has 2 rings (SSSR count). The van der Waals surface area contributed by atoms with Crippen molar-refractivity contribution in [2.45, 2.75) is 36.2 Å². The number of ether oxygens (including phenoxy) is 1. The third-order valence-electron chi connectivity index (χ3n) is 4.09. The van der Waals surface area contributed by atoms with Crippen molar-refractivity contribution in [3.05, 3.63) is 35.4 Å². The standard InChI is InChI=1S/C17H25NO2S/c1-16(2)13-9-6-7-10-14(13)17(21-16,15(19)20-5)11-8-12-18(3)4/h6-7,9-10H,8,11-12H2,1-5H3. The Labute approximate surface area is 132 Å². The highest BCUT2D eigenvalue weighted by Gasteiger charge is 2.53. The van der Waals surface area contributed by atoms with Crippen molar-refractivity contribution in [1.82, 2.24) is 4.90 Å². The SMILES string of the molecule is COC(=O)C1(CCCN(C)C)SC(C)(C)c2ccccc21. The summed E-state index contributed by atoms with van der Waals surface area (Å²) in [7, 11) is 5.61. The number of benzene rings is 1. The number of rotatable bonds is 5. The maximum Gasteiger partial charge on any atom is 0.326 e. The number of hydrogen-bond donors (Lipinski definition) is 0. The summed E-state index contributed by atoms with van der Waals surface area (Å²) in [5.41, 5.74) is 2.39. The second-order valence-corrected chi connectivity index (χ2v) is 8.31. The fourth-order valence-electron chi connectivity index (χ4n) is 3.15. The van der Waals surface area contributed by atoms with Crippen LogP contribution in [0.2, 0.25) is 0 Å². The Morgan fingerprint density at radius 2 is 1.86 bits per heavy atom. The van der Waals surface area contributed by atoms with Gasteiger partial charge >= 0.3 is 5.97 Å². The number of nitrogens with zero attached hydrogens (tertiary/aromatic N) is 1. The molecule has 0 bridgehead atoms. The van der Waals surface area contributed by atoms with E-state index in [0.717, 1.165) is 24.9 Å². The lowest BCUT2D eigenvalue weighted by Gasteiger charge is -2.29. The Hall–Kier alpha value is -1.00. The first-order valence-electron chi connectivity index (χ1n) is 7.37. The Morgan fingerprint density at radius 3 is 2.43 bits per heavy atom. The maximum atomic E-state index is 12.6. The van der Waals surface area contributed by atoms with Crippen LogP contribution < -0.4 is 0 Å². The number of methoxy groups -OCH3 is 1. The van der Waals surface area contributed by atoms with Gasteiger partial charge in [-0.1, -0.05) is 24.3 Å². The van der Waals surface area contributed by atoms with Crippen molar-refractivity contribution >= 4 is 17.7 Å². The van der Waals surface area contributed by atoms with E-state index in [9.17, 15) is 4.79 Å². The third kappa shape index (κ3) is 2.97. The van der Waals surface area contributed by atoms with Crippen LogP contribution >= 0.6 is 11.8 Å². The molecule has 4 heteroatoms. The van der Waals surface area contributed by atoms with Crippen LogP contribution in [0.15, 0.2) is 24.3 Å². The number of carbonyl (C=O) groups is 1. The molecule has 1 aromatic rings. The second-order valence-electron chi connectivity index (χ2n) is 6.38. The topological polar surface area (TPSA) is 29.5 Å². The van der Waals surface area contributed by atoms with Crippen molar-refractivity contribution in [2.75, 3.05) is 27.7 Å². The van der Waals surface area contributed by atoms with Gasteiger partial charge in [0.25, 0.3) is 0 Å². The van der Waals surface area contributed by atoms with Crippen LogP contribution in [0.1, 0.15) is 37.8 Å². The van der Waals surface area contributed by atoms with Gasteiger partial charge in [-0.2, -0.15) is 0 Å². The first-order valence-corrected chi connectivity index (χ1v) is 8.18. The van der Waals surface area contributed by atoms with Gasteiger partial charge < -0.3 is 9.64 Å². The molecule has 1 aromatic carbocycles. The summed E-state index contributed by atoms with van der Waals surface area (Å²) in [5.74, 6) is -0.121. The number of esters is 1. The van der Waals surface area contributed by atoms with Crippen LogP contribution in [0.3, 0.4) is 0 Å². The van der Waals surface area contributed by atoms with Crippen molar-refractivity contribution in [3.8, 4) is 0 Å². The summed E-state index contributed by atoms with van der Waals surface area (Å²) in [4.78, 5) is 14.8. The molecule has 21 heavy (non-hydrogen) atoms. The highest BCUT2D eigenvalue weighted by atomic mass is 32.2. The van der Waals surface area contributed by atoms with Gasteiger partial charge in [-0.3, -0.25) is 4.79 Å². The largest absolute Gasteiger partial charge is 0.468 e. The molecule has 116 valence electrons. The summed E-state index contributed by atoms with van der Waals surface area (Å²) < 4.78 is 4.54. The van der Waals surface area contributed by atoms with Gasteiger partial charge in [-0.05, 0) is 58.5 Å². The molecule has 0 aromatic heterocycles. The fraction of sp³-hybridized carbons (Fsp3) is 0.588. The average Bonchev–Trinajstić information content (AvgIpc) is 2.67. The zero-order valence-corrected chi connectivity index (χ0v) is 14.4. The number of thioether (sulfide) groups is 1. The van der Waals surface area contributed by atoms with Crippen LogP contribution in [-0.4, -0.2) is 38.6 Å². The molecule has 1 aliphatic rings. The number of hydrogen-bond acceptors (Lipinski definition) is 4. The quantitative estimate of drug-likeness (QED) is 0.780. The zero-order valence-electron chi connectivity index (χ0n) is 13.6. The Kier molecular flexibility index (Phi) is 4.69. The summed E-state index contributed by atoms with van der Waals surface area (Å²) in [5, 5.41) is 0. The van der Waals surface area contributed by atoms with E-state index in [0.29, 0.717) is 0 Å². The van der Waals surface area contributed by atoms with E-state index >= 15 is 0 Å². The van der Waals surface area contributed by atoms with Gasteiger partial charge in [-0.25, -0.2) is 0 Å². The Bertz CT molecular complexity index is 527. The first-order chi connectivity index (χ1) is 9.83. The molecule has 0 amide bonds. The third-order valence-corrected chi connectivity index (χ3v) is 5.76. The van der Waals surface area contributed by atoms with Gasteiger partial charge in [0.2, 0.25) is 0 Å². The highest BCUT2D eigenvalue weighted by molar-refractivity contribution is 8.02.